The highest BCUT2D eigenvalue weighted by Gasteiger charge is 2.22. The maximum atomic E-state index is 13.9. The molecule has 3 rings (SSSR count). The Balaban J connectivity index is 1.36. The lowest BCUT2D eigenvalue weighted by Crippen LogP contribution is -2.52. The molecular weight excluding hydrogens is 347 g/mol. The van der Waals surface area contributed by atoms with Crippen molar-refractivity contribution in [3.8, 4) is 0 Å². The van der Waals surface area contributed by atoms with Crippen LogP contribution in [0.25, 0.3) is 0 Å². The van der Waals surface area contributed by atoms with Crippen LogP contribution >= 0.6 is 0 Å². The summed E-state index contributed by atoms with van der Waals surface area (Å²) in [6.07, 6.45) is 4.61. The van der Waals surface area contributed by atoms with Crippen LogP contribution in [-0.4, -0.2) is 67.6 Å². The van der Waals surface area contributed by atoms with Crippen molar-refractivity contribution >= 4 is 17.6 Å². The number of halogens is 1. The minimum absolute atomic E-state index is 0.0784. The predicted molar refractivity (Wildman–Crippen MR) is 103 cm³/mol. The van der Waals surface area contributed by atoms with E-state index >= 15 is 0 Å². The first-order valence-corrected chi connectivity index (χ1v) is 9.95. The molecule has 27 heavy (non-hydrogen) atoms. The van der Waals surface area contributed by atoms with Gasteiger partial charge in [-0.1, -0.05) is 18.6 Å². The molecule has 1 N–H and O–H groups in total. The van der Waals surface area contributed by atoms with Crippen molar-refractivity contribution in [1.29, 1.82) is 0 Å². The highest BCUT2D eigenvalue weighted by Crippen LogP contribution is 2.20. The third-order valence-electron chi connectivity index (χ3n) is 5.31. The zero-order valence-corrected chi connectivity index (χ0v) is 15.8. The third kappa shape index (κ3) is 5.34. The lowest BCUT2D eigenvalue weighted by Gasteiger charge is -2.36. The van der Waals surface area contributed by atoms with Gasteiger partial charge in [-0.15, -0.1) is 0 Å². The molecule has 0 aromatic heterocycles. The van der Waals surface area contributed by atoms with E-state index in [1.54, 1.807) is 17.0 Å². The maximum absolute atomic E-state index is 13.9. The molecule has 0 radical (unpaired) electrons. The summed E-state index contributed by atoms with van der Waals surface area (Å²) in [5, 5.41) is 2.94. The first kappa shape index (κ1) is 19.5. The van der Waals surface area contributed by atoms with Gasteiger partial charge in [-0.3, -0.25) is 4.79 Å². The van der Waals surface area contributed by atoms with E-state index in [4.69, 9.17) is 0 Å². The summed E-state index contributed by atoms with van der Waals surface area (Å²) in [5.74, 6) is 0.0153. The normalized spacial score (nSPS) is 18.4. The van der Waals surface area contributed by atoms with E-state index in [2.05, 4.69) is 5.32 Å². The summed E-state index contributed by atoms with van der Waals surface area (Å²) >= 11 is 0. The lowest BCUT2D eigenvalue weighted by atomic mass is 10.2. The number of benzene rings is 1. The van der Waals surface area contributed by atoms with Crippen molar-refractivity contribution in [1.82, 2.24) is 15.1 Å². The number of para-hydroxylation sites is 1. The molecular formula is C20H29FN4O2. The van der Waals surface area contributed by atoms with Crippen LogP contribution in [0.3, 0.4) is 0 Å². The van der Waals surface area contributed by atoms with Crippen LogP contribution in [0.4, 0.5) is 14.9 Å². The van der Waals surface area contributed by atoms with Crippen LogP contribution in [0.15, 0.2) is 24.3 Å². The Morgan fingerprint density at radius 3 is 2.59 bits per heavy atom. The van der Waals surface area contributed by atoms with Crippen LogP contribution in [0.5, 0.6) is 0 Å². The van der Waals surface area contributed by atoms with E-state index in [1.165, 1.54) is 6.07 Å². The molecule has 148 valence electrons. The van der Waals surface area contributed by atoms with Gasteiger partial charge in [0, 0.05) is 52.2 Å². The number of carbonyl (C=O) groups excluding carboxylic acids is 2. The van der Waals surface area contributed by atoms with E-state index in [1.807, 2.05) is 15.9 Å². The Hall–Kier alpha value is -2.31. The zero-order valence-electron chi connectivity index (χ0n) is 15.8. The molecule has 0 unspecified atom stereocenters. The predicted octanol–water partition coefficient (Wildman–Crippen LogP) is 2.45. The molecule has 3 amide bonds. The third-order valence-corrected chi connectivity index (χ3v) is 5.31. The summed E-state index contributed by atoms with van der Waals surface area (Å²) in [6, 6.07) is 6.66. The van der Waals surface area contributed by atoms with Crippen molar-refractivity contribution in [2.75, 3.05) is 50.7 Å². The van der Waals surface area contributed by atoms with Gasteiger partial charge >= 0.3 is 6.03 Å². The smallest absolute Gasteiger partial charge is 0.317 e. The van der Waals surface area contributed by atoms with Gasteiger partial charge < -0.3 is 20.0 Å². The second-order valence-corrected chi connectivity index (χ2v) is 7.20. The van der Waals surface area contributed by atoms with Gasteiger partial charge in [-0.05, 0) is 31.4 Å². The molecule has 1 aromatic rings. The van der Waals surface area contributed by atoms with Gasteiger partial charge in [0.25, 0.3) is 0 Å². The van der Waals surface area contributed by atoms with Gasteiger partial charge in [-0.25, -0.2) is 9.18 Å². The average molecular weight is 376 g/mol. The van der Waals surface area contributed by atoms with E-state index in [9.17, 15) is 14.0 Å². The number of hydrogen-bond acceptors (Lipinski definition) is 3. The summed E-state index contributed by atoms with van der Waals surface area (Å²) in [6.45, 7) is 4.50. The standard InChI is InChI=1S/C20H29FN4O2/c21-17-7-3-4-8-18(17)23-13-15-25(16-14-23)20(27)22-10-6-12-24-11-5-1-2-9-19(24)26/h3-4,7-8H,1-2,5-6,9-16H2,(H,22,27). The summed E-state index contributed by atoms with van der Waals surface area (Å²) in [4.78, 5) is 30.0. The molecule has 2 saturated heterocycles. The number of nitrogens with zero attached hydrogens (tertiary/aromatic N) is 3. The Kier molecular flexibility index (Phi) is 6.90. The molecule has 0 aliphatic carbocycles. The number of carbonyl (C=O) groups is 2. The zero-order chi connectivity index (χ0) is 19.1. The number of urea groups is 1. The number of nitrogens with one attached hydrogen (secondary N) is 1. The Morgan fingerprint density at radius 1 is 1.04 bits per heavy atom. The largest absolute Gasteiger partial charge is 0.366 e. The van der Waals surface area contributed by atoms with E-state index in [0.29, 0.717) is 51.4 Å². The quantitative estimate of drug-likeness (QED) is 0.803. The first-order valence-electron chi connectivity index (χ1n) is 9.95. The molecule has 7 heteroatoms. The van der Waals surface area contributed by atoms with Crippen LogP contribution in [0.2, 0.25) is 0 Å². The molecule has 2 fully saturated rings. The molecule has 0 spiro atoms. The Labute approximate surface area is 160 Å². The molecule has 2 aliphatic rings. The molecule has 2 aliphatic heterocycles. The molecule has 0 saturated carbocycles. The van der Waals surface area contributed by atoms with E-state index in [0.717, 1.165) is 32.2 Å². The van der Waals surface area contributed by atoms with Gasteiger partial charge in [0.15, 0.2) is 0 Å². The topological polar surface area (TPSA) is 55.9 Å². The number of hydrogen-bond donors (Lipinski definition) is 1. The monoisotopic (exact) mass is 376 g/mol. The van der Waals surface area contributed by atoms with Crippen LogP contribution in [0, 0.1) is 5.82 Å². The van der Waals surface area contributed by atoms with Gasteiger partial charge in [0.05, 0.1) is 5.69 Å². The van der Waals surface area contributed by atoms with Crippen molar-refractivity contribution in [3.05, 3.63) is 30.1 Å². The fraction of sp³-hybridized carbons (Fsp3) is 0.600. The van der Waals surface area contributed by atoms with Crippen molar-refractivity contribution in [2.45, 2.75) is 32.1 Å². The SMILES string of the molecule is O=C1CCCCCN1CCCNC(=O)N1CCN(c2ccccc2F)CC1. The van der Waals surface area contributed by atoms with Gasteiger partial charge in [0.2, 0.25) is 5.91 Å². The molecule has 0 bridgehead atoms. The average Bonchev–Trinajstić information content (AvgIpc) is 2.90. The first-order chi connectivity index (χ1) is 13.1. The van der Waals surface area contributed by atoms with Gasteiger partial charge in [0.1, 0.15) is 5.82 Å². The number of anilines is 1. The van der Waals surface area contributed by atoms with Crippen LogP contribution < -0.4 is 10.2 Å². The fourth-order valence-electron chi connectivity index (χ4n) is 3.71. The highest BCUT2D eigenvalue weighted by atomic mass is 19.1. The summed E-state index contributed by atoms with van der Waals surface area (Å²) < 4.78 is 13.9. The van der Waals surface area contributed by atoms with Crippen molar-refractivity contribution < 1.29 is 14.0 Å². The summed E-state index contributed by atoms with van der Waals surface area (Å²) in [5.41, 5.74) is 0.597. The minimum atomic E-state index is -0.224. The van der Waals surface area contributed by atoms with Gasteiger partial charge in [-0.2, -0.15) is 0 Å². The molecule has 0 atom stereocenters. The van der Waals surface area contributed by atoms with E-state index in [-0.39, 0.29) is 17.8 Å². The second-order valence-electron chi connectivity index (χ2n) is 7.20. The number of rotatable bonds is 5. The molecule has 1 aromatic carbocycles. The number of piperazine rings is 1. The minimum Gasteiger partial charge on any atom is -0.366 e. The van der Waals surface area contributed by atoms with Crippen LogP contribution in [-0.2, 0) is 4.79 Å². The van der Waals surface area contributed by atoms with Crippen molar-refractivity contribution in [3.63, 3.8) is 0 Å². The fourth-order valence-corrected chi connectivity index (χ4v) is 3.71. The Morgan fingerprint density at radius 2 is 1.81 bits per heavy atom. The molecule has 2 heterocycles. The highest BCUT2D eigenvalue weighted by molar-refractivity contribution is 5.76. The Bertz CT molecular complexity index is 647. The number of likely N-dealkylation sites (tertiary alicyclic amines) is 1. The summed E-state index contributed by atoms with van der Waals surface area (Å²) in [7, 11) is 0. The van der Waals surface area contributed by atoms with Crippen LogP contribution in [0.1, 0.15) is 32.1 Å². The second kappa shape index (κ2) is 9.58. The number of amides is 3. The maximum Gasteiger partial charge on any atom is 0.317 e. The van der Waals surface area contributed by atoms with Crippen molar-refractivity contribution in [2.24, 2.45) is 0 Å². The molecule has 6 nitrogen and oxygen atoms in total. The van der Waals surface area contributed by atoms with E-state index < -0.39 is 0 Å². The lowest BCUT2D eigenvalue weighted by molar-refractivity contribution is -0.130.